The molecule has 0 amide bonds. The van der Waals surface area contributed by atoms with Crippen molar-refractivity contribution in [3.63, 3.8) is 0 Å². The lowest BCUT2D eigenvalue weighted by Gasteiger charge is -1.99. The van der Waals surface area contributed by atoms with Crippen molar-refractivity contribution in [2.45, 2.75) is 25.4 Å². The molecule has 1 aromatic heterocycles. The quantitative estimate of drug-likeness (QED) is 0.918. The number of hydrogen-bond acceptors (Lipinski definition) is 3. The van der Waals surface area contributed by atoms with Gasteiger partial charge in [-0.1, -0.05) is 0 Å². The molecule has 1 saturated carbocycles. The van der Waals surface area contributed by atoms with E-state index in [1.807, 2.05) is 0 Å². The Morgan fingerprint density at radius 3 is 2.89 bits per heavy atom. The number of thiazole rings is 1. The largest absolute Gasteiger partial charge is 0.309 e. The Kier molecular flexibility index (Phi) is 3.09. The minimum absolute atomic E-state index is 0.360. The maximum atomic E-state index is 13.6. The molecule has 2 nitrogen and oxygen atoms in total. The predicted molar refractivity (Wildman–Crippen MR) is 67.3 cm³/mol. The maximum Gasteiger partial charge on any atom is 0.136 e. The second-order valence-electron chi connectivity index (χ2n) is 4.41. The molecule has 0 radical (unpaired) electrons. The molecular formula is C13H12F2N2S. The molecule has 1 aromatic carbocycles. The van der Waals surface area contributed by atoms with Gasteiger partial charge in [-0.3, -0.25) is 0 Å². The molecule has 5 heteroatoms. The topological polar surface area (TPSA) is 24.9 Å². The van der Waals surface area contributed by atoms with Gasteiger partial charge in [0.2, 0.25) is 0 Å². The summed E-state index contributed by atoms with van der Waals surface area (Å²) in [5, 5.41) is 3.98. The molecule has 0 saturated heterocycles. The van der Waals surface area contributed by atoms with Gasteiger partial charge in [-0.15, -0.1) is 11.3 Å². The highest BCUT2D eigenvalue weighted by atomic mass is 32.1. The zero-order valence-electron chi connectivity index (χ0n) is 9.62. The second-order valence-corrected chi connectivity index (χ2v) is 5.53. The van der Waals surface area contributed by atoms with Crippen LogP contribution in [-0.2, 0) is 6.54 Å². The third-order valence-electron chi connectivity index (χ3n) is 2.86. The number of nitrogens with one attached hydrogen (secondary N) is 1. The summed E-state index contributed by atoms with van der Waals surface area (Å²) in [7, 11) is 0. The van der Waals surface area contributed by atoms with Crippen LogP contribution in [0.25, 0.3) is 10.6 Å². The van der Waals surface area contributed by atoms with Crippen molar-refractivity contribution in [2.75, 3.05) is 0 Å². The molecule has 1 aliphatic rings. The third-order valence-corrected chi connectivity index (χ3v) is 3.89. The first-order chi connectivity index (χ1) is 8.72. The molecular weight excluding hydrogens is 254 g/mol. The monoisotopic (exact) mass is 266 g/mol. The fraction of sp³-hybridized carbons (Fsp3) is 0.308. The van der Waals surface area contributed by atoms with Crippen LogP contribution >= 0.6 is 11.3 Å². The lowest BCUT2D eigenvalue weighted by Crippen LogP contribution is -2.14. The van der Waals surface area contributed by atoms with E-state index in [4.69, 9.17) is 0 Å². The SMILES string of the molecule is Fc1ccc(-c2ncc(CNC3CC3)s2)c(F)c1. The molecule has 0 bridgehead atoms. The number of halogens is 2. The van der Waals surface area contributed by atoms with Gasteiger partial charge in [0.15, 0.2) is 0 Å². The van der Waals surface area contributed by atoms with E-state index in [1.165, 1.54) is 36.3 Å². The molecule has 0 aliphatic heterocycles. The smallest absolute Gasteiger partial charge is 0.136 e. The summed E-state index contributed by atoms with van der Waals surface area (Å²) in [6.07, 6.45) is 4.22. The van der Waals surface area contributed by atoms with Crippen LogP contribution in [-0.4, -0.2) is 11.0 Å². The van der Waals surface area contributed by atoms with Gasteiger partial charge in [0.05, 0.1) is 0 Å². The van der Waals surface area contributed by atoms with Crippen LogP contribution in [0.15, 0.2) is 24.4 Å². The van der Waals surface area contributed by atoms with Crippen molar-refractivity contribution in [1.82, 2.24) is 10.3 Å². The average molecular weight is 266 g/mol. The molecule has 94 valence electrons. The van der Waals surface area contributed by atoms with E-state index in [-0.39, 0.29) is 0 Å². The number of benzene rings is 1. The Labute approximate surface area is 108 Å². The van der Waals surface area contributed by atoms with Crippen LogP contribution < -0.4 is 5.32 Å². The lowest BCUT2D eigenvalue weighted by atomic mass is 10.2. The lowest BCUT2D eigenvalue weighted by molar-refractivity contribution is 0.585. The zero-order valence-corrected chi connectivity index (χ0v) is 10.4. The number of hydrogen-bond donors (Lipinski definition) is 1. The fourth-order valence-electron chi connectivity index (χ4n) is 1.71. The van der Waals surface area contributed by atoms with Crippen molar-refractivity contribution >= 4 is 11.3 Å². The third kappa shape index (κ3) is 2.57. The molecule has 0 spiro atoms. The van der Waals surface area contributed by atoms with E-state index in [2.05, 4.69) is 10.3 Å². The minimum Gasteiger partial charge on any atom is -0.309 e. The molecule has 1 fully saturated rings. The first kappa shape index (κ1) is 11.7. The highest BCUT2D eigenvalue weighted by Crippen LogP contribution is 2.28. The minimum atomic E-state index is -0.566. The molecule has 2 aromatic rings. The Morgan fingerprint density at radius 1 is 1.33 bits per heavy atom. The van der Waals surface area contributed by atoms with E-state index >= 15 is 0 Å². The molecule has 1 heterocycles. The summed E-state index contributed by atoms with van der Waals surface area (Å²) < 4.78 is 26.4. The highest BCUT2D eigenvalue weighted by Gasteiger charge is 2.20. The molecule has 18 heavy (non-hydrogen) atoms. The maximum absolute atomic E-state index is 13.6. The summed E-state index contributed by atoms with van der Waals surface area (Å²) in [4.78, 5) is 5.26. The molecule has 1 N–H and O–H groups in total. The summed E-state index contributed by atoms with van der Waals surface area (Å²) in [5.74, 6) is -1.13. The molecule has 3 rings (SSSR count). The molecule has 0 atom stereocenters. The summed E-state index contributed by atoms with van der Waals surface area (Å²) >= 11 is 1.44. The molecule has 1 aliphatic carbocycles. The van der Waals surface area contributed by atoms with E-state index in [9.17, 15) is 8.78 Å². The predicted octanol–water partition coefficient (Wildman–Crippen LogP) is 3.34. The van der Waals surface area contributed by atoms with Gasteiger partial charge in [-0.25, -0.2) is 13.8 Å². The van der Waals surface area contributed by atoms with Crippen molar-refractivity contribution in [1.29, 1.82) is 0 Å². The van der Waals surface area contributed by atoms with Crippen molar-refractivity contribution in [3.8, 4) is 10.6 Å². The van der Waals surface area contributed by atoms with Gasteiger partial charge < -0.3 is 5.32 Å². The van der Waals surface area contributed by atoms with Crippen molar-refractivity contribution < 1.29 is 8.78 Å². The van der Waals surface area contributed by atoms with Gasteiger partial charge in [0.1, 0.15) is 16.6 Å². The van der Waals surface area contributed by atoms with Crippen molar-refractivity contribution in [2.24, 2.45) is 0 Å². The van der Waals surface area contributed by atoms with Gasteiger partial charge in [0, 0.05) is 35.3 Å². The summed E-state index contributed by atoms with van der Waals surface area (Å²) in [5.41, 5.74) is 0.360. The number of nitrogens with zero attached hydrogens (tertiary/aromatic N) is 1. The number of rotatable bonds is 4. The van der Waals surface area contributed by atoms with Crippen LogP contribution in [0, 0.1) is 11.6 Å². The zero-order chi connectivity index (χ0) is 12.5. The van der Waals surface area contributed by atoms with Gasteiger partial charge >= 0.3 is 0 Å². The van der Waals surface area contributed by atoms with Crippen molar-refractivity contribution in [3.05, 3.63) is 40.9 Å². The first-order valence-corrected chi connectivity index (χ1v) is 6.67. The van der Waals surface area contributed by atoms with Crippen LogP contribution in [0.4, 0.5) is 8.78 Å². The summed E-state index contributed by atoms with van der Waals surface area (Å²) in [6.45, 7) is 0.769. The van der Waals surface area contributed by atoms with Crippen LogP contribution in [0.5, 0.6) is 0 Å². The van der Waals surface area contributed by atoms with Crippen LogP contribution in [0.1, 0.15) is 17.7 Å². The fourth-order valence-corrected chi connectivity index (χ4v) is 2.60. The van der Waals surface area contributed by atoms with E-state index in [1.54, 1.807) is 6.20 Å². The standard InChI is InChI=1S/C13H12F2N2S/c14-8-1-4-11(12(15)5-8)13-17-7-10(18-13)6-16-9-2-3-9/h1,4-5,7,9,16H,2-3,6H2. The molecule has 0 unspecified atom stereocenters. The number of aromatic nitrogens is 1. The van der Waals surface area contributed by atoms with Crippen LogP contribution in [0.3, 0.4) is 0 Å². The van der Waals surface area contributed by atoms with Gasteiger partial charge in [0.25, 0.3) is 0 Å². The second kappa shape index (κ2) is 4.74. The Hall–Kier alpha value is -1.33. The first-order valence-electron chi connectivity index (χ1n) is 5.86. The van der Waals surface area contributed by atoms with E-state index in [0.717, 1.165) is 17.5 Å². The Morgan fingerprint density at radius 2 is 2.17 bits per heavy atom. The highest BCUT2D eigenvalue weighted by molar-refractivity contribution is 7.15. The van der Waals surface area contributed by atoms with Gasteiger partial charge in [-0.2, -0.15) is 0 Å². The van der Waals surface area contributed by atoms with E-state index < -0.39 is 11.6 Å². The average Bonchev–Trinajstić information content (AvgIpc) is 3.05. The Bertz CT molecular complexity index is 564. The van der Waals surface area contributed by atoms with Crippen LogP contribution in [0.2, 0.25) is 0 Å². The normalized spacial score (nSPS) is 15.0. The summed E-state index contributed by atoms with van der Waals surface area (Å²) in [6, 6.07) is 4.21. The Balaban J connectivity index is 1.78. The van der Waals surface area contributed by atoms with Gasteiger partial charge in [-0.05, 0) is 25.0 Å². The van der Waals surface area contributed by atoms with E-state index in [0.29, 0.717) is 16.6 Å².